The van der Waals surface area contributed by atoms with E-state index >= 15 is 0 Å². The molecule has 2 N–H and O–H groups in total. The molecule has 132 valence electrons. The third-order valence-electron chi connectivity index (χ3n) is 6.01. The van der Waals surface area contributed by atoms with E-state index in [1.807, 2.05) is 17.2 Å². The molecule has 1 amide bonds. The summed E-state index contributed by atoms with van der Waals surface area (Å²) in [7, 11) is 0. The molecule has 2 saturated heterocycles. The highest BCUT2D eigenvalue weighted by Crippen LogP contribution is 2.42. The summed E-state index contributed by atoms with van der Waals surface area (Å²) in [6.45, 7) is 2.72. The number of carbonyl (C=O) groups excluding carboxylic acids is 1. The van der Waals surface area contributed by atoms with Crippen molar-refractivity contribution in [3.05, 3.63) is 48.7 Å². The smallest absolute Gasteiger partial charge is 0.233 e. The van der Waals surface area contributed by atoms with Crippen molar-refractivity contribution in [3.63, 3.8) is 0 Å². The first-order chi connectivity index (χ1) is 12.8. The van der Waals surface area contributed by atoms with Crippen LogP contribution in [-0.2, 0) is 4.79 Å². The molecule has 0 unspecified atom stereocenters. The zero-order valence-corrected chi connectivity index (χ0v) is 14.7. The maximum absolute atomic E-state index is 13.2. The van der Waals surface area contributed by atoms with E-state index in [-0.39, 0.29) is 5.41 Å². The zero-order chi connectivity index (χ0) is 17.6. The molecule has 5 nitrogen and oxygen atoms in total. The fourth-order valence-corrected chi connectivity index (χ4v) is 4.41. The van der Waals surface area contributed by atoms with Crippen molar-refractivity contribution in [1.29, 1.82) is 0 Å². The zero-order valence-electron chi connectivity index (χ0n) is 14.7. The van der Waals surface area contributed by atoms with Gasteiger partial charge in [-0.2, -0.15) is 5.10 Å². The minimum atomic E-state index is -0.143. The molecule has 5 rings (SSSR count). The Bertz CT molecular complexity index is 971. The normalized spacial score (nSPS) is 19.5. The van der Waals surface area contributed by atoms with Crippen molar-refractivity contribution in [2.24, 2.45) is 5.41 Å². The second kappa shape index (κ2) is 5.95. The van der Waals surface area contributed by atoms with E-state index in [2.05, 4.69) is 51.9 Å². The van der Waals surface area contributed by atoms with Gasteiger partial charge in [0.2, 0.25) is 5.91 Å². The number of piperidine rings is 1. The molecule has 3 aromatic rings. The first kappa shape index (κ1) is 15.6. The molecule has 0 bridgehead atoms. The largest absolute Gasteiger partial charge is 0.317 e. The monoisotopic (exact) mass is 346 g/mol. The first-order valence-electron chi connectivity index (χ1n) is 9.32. The lowest BCUT2D eigenvalue weighted by molar-refractivity contribution is -0.126. The van der Waals surface area contributed by atoms with Crippen LogP contribution in [0.4, 0.5) is 5.69 Å². The summed E-state index contributed by atoms with van der Waals surface area (Å²) in [4.78, 5) is 15.1. The number of anilines is 1. The third kappa shape index (κ3) is 2.42. The lowest BCUT2D eigenvalue weighted by Gasteiger charge is -2.32. The Morgan fingerprint density at radius 1 is 1.00 bits per heavy atom. The number of fused-ring (bicyclic) bond motifs is 1. The molecule has 26 heavy (non-hydrogen) atoms. The summed E-state index contributed by atoms with van der Waals surface area (Å²) in [6.07, 6.45) is 4.71. The van der Waals surface area contributed by atoms with Gasteiger partial charge in [-0.1, -0.05) is 24.3 Å². The molecule has 2 aliphatic rings. The topological polar surface area (TPSA) is 61.0 Å². The van der Waals surface area contributed by atoms with Gasteiger partial charge >= 0.3 is 0 Å². The van der Waals surface area contributed by atoms with E-state index in [0.29, 0.717) is 5.91 Å². The lowest BCUT2D eigenvalue weighted by atomic mass is 9.77. The Balaban J connectivity index is 1.47. The van der Waals surface area contributed by atoms with Crippen LogP contribution in [0.2, 0.25) is 0 Å². The van der Waals surface area contributed by atoms with Gasteiger partial charge in [0.1, 0.15) is 0 Å². The molecule has 2 aromatic carbocycles. The molecule has 1 aromatic heterocycles. The van der Waals surface area contributed by atoms with E-state index in [9.17, 15) is 4.79 Å². The Hall–Kier alpha value is -2.66. The highest BCUT2D eigenvalue weighted by molar-refractivity contribution is 6.00. The van der Waals surface area contributed by atoms with Crippen molar-refractivity contribution < 1.29 is 4.79 Å². The van der Waals surface area contributed by atoms with E-state index in [4.69, 9.17) is 0 Å². The number of nitrogens with zero attached hydrogens (tertiary/aromatic N) is 2. The number of carbonyl (C=O) groups is 1. The maximum atomic E-state index is 13.2. The molecule has 0 saturated carbocycles. The number of aromatic nitrogens is 2. The SMILES string of the molecule is O=C1N(c2cccc(-c3ccc4cn[nH]c4c3)c2)CCC12CCNCC2. The molecule has 0 atom stereocenters. The van der Waals surface area contributed by atoms with Gasteiger partial charge in [0.15, 0.2) is 0 Å². The van der Waals surface area contributed by atoms with Gasteiger partial charge in [-0.05, 0) is 61.7 Å². The average molecular weight is 346 g/mol. The summed E-state index contributed by atoms with van der Waals surface area (Å²) in [5, 5.41) is 11.6. The van der Waals surface area contributed by atoms with Gasteiger partial charge < -0.3 is 10.2 Å². The molecule has 2 aliphatic heterocycles. The first-order valence-corrected chi connectivity index (χ1v) is 9.32. The van der Waals surface area contributed by atoms with Gasteiger partial charge in [0.25, 0.3) is 0 Å². The number of rotatable bonds is 2. The lowest BCUT2D eigenvalue weighted by Crippen LogP contribution is -2.42. The molecule has 2 fully saturated rings. The standard InChI is InChI=1S/C21H22N4O/c26-20-21(6-9-22-10-7-21)8-11-25(20)18-3-1-2-15(12-18)16-4-5-17-14-23-24-19(17)13-16/h1-5,12-14,22H,6-11H2,(H,23,24). The predicted molar refractivity (Wildman–Crippen MR) is 103 cm³/mol. The maximum Gasteiger partial charge on any atom is 0.233 e. The Morgan fingerprint density at radius 3 is 2.73 bits per heavy atom. The Morgan fingerprint density at radius 2 is 1.85 bits per heavy atom. The van der Waals surface area contributed by atoms with Gasteiger partial charge in [0.05, 0.1) is 17.1 Å². The van der Waals surface area contributed by atoms with Crippen molar-refractivity contribution in [2.75, 3.05) is 24.5 Å². The number of hydrogen-bond acceptors (Lipinski definition) is 3. The molecule has 0 radical (unpaired) electrons. The fourth-order valence-electron chi connectivity index (χ4n) is 4.41. The molecular weight excluding hydrogens is 324 g/mol. The molecule has 0 aliphatic carbocycles. The second-order valence-electron chi connectivity index (χ2n) is 7.46. The number of H-pyrrole nitrogens is 1. The fraction of sp³-hybridized carbons (Fsp3) is 0.333. The third-order valence-corrected chi connectivity index (χ3v) is 6.01. The van der Waals surface area contributed by atoms with Gasteiger partial charge in [0, 0.05) is 17.6 Å². The molecule has 1 spiro atoms. The average Bonchev–Trinajstić information content (AvgIpc) is 3.28. The van der Waals surface area contributed by atoms with Gasteiger partial charge in [-0.15, -0.1) is 0 Å². The van der Waals surface area contributed by atoms with Gasteiger partial charge in [-0.3, -0.25) is 9.89 Å². The van der Waals surface area contributed by atoms with Crippen LogP contribution in [0.5, 0.6) is 0 Å². The van der Waals surface area contributed by atoms with Crippen LogP contribution in [0, 0.1) is 5.41 Å². The molecule has 3 heterocycles. The van der Waals surface area contributed by atoms with Crippen LogP contribution in [0.1, 0.15) is 19.3 Å². The van der Waals surface area contributed by atoms with Crippen molar-refractivity contribution in [2.45, 2.75) is 19.3 Å². The summed E-state index contributed by atoms with van der Waals surface area (Å²) in [5.41, 5.74) is 4.15. The predicted octanol–water partition coefficient (Wildman–Crippen LogP) is 3.34. The summed E-state index contributed by atoms with van der Waals surface area (Å²) < 4.78 is 0. The van der Waals surface area contributed by atoms with E-state index in [1.165, 1.54) is 0 Å². The van der Waals surface area contributed by atoms with E-state index in [1.54, 1.807) is 0 Å². The minimum Gasteiger partial charge on any atom is -0.317 e. The van der Waals surface area contributed by atoms with Crippen LogP contribution in [-0.4, -0.2) is 35.7 Å². The van der Waals surface area contributed by atoms with Crippen molar-refractivity contribution >= 4 is 22.5 Å². The highest BCUT2D eigenvalue weighted by atomic mass is 16.2. The molecular formula is C21H22N4O. The van der Waals surface area contributed by atoms with Crippen LogP contribution in [0.3, 0.4) is 0 Å². The van der Waals surface area contributed by atoms with Crippen molar-refractivity contribution in [1.82, 2.24) is 15.5 Å². The molecule has 5 heteroatoms. The minimum absolute atomic E-state index is 0.143. The number of nitrogens with one attached hydrogen (secondary N) is 2. The summed E-state index contributed by atoms with van der Waals surface area (Å²) >= 11 is 0. The highest BCUT2D eigenvalue weighted by Gasteiger charge is 2.47. The summed E-state index contributed by atoms with van der Waals surface area (Å²) in [5.74, 6) is 0.306. The Labute approximate surface area is 152 Å². The van der Waals surface area contributed by atoms with Crippen LogP contribution >= 0.6 is 0 Å². The van der Waals surface area contributed by atoms with Crippen LogP contribution in [0.25, 0.3) is 22.0 Å². The number of amides is 1. The van der Waals surface area contributed by atoms with Crippen molar-refractivity contribution in [3.8, 4) is 11.1 Å². The number of aromatic amines is 1. The van der Waals surface area contributed by atoms with E-state index in [0.717, 1.165) is 66.6 Å². The summed E-state index contributed by atoms with van der Waals surface area (Å²) in [6, 6.07) is 14.6. The Kier molecular flexibility index (Phi) is 3.57. The van der Waals surface area contributed by atoms with E-state index < -0.39 is 0 Å². The quantitative estimate of drug-likeness (QED) is 0.748. The number of benzene rings is 2. The van der Waals surface area contributed by atoms with Crippen LogP contribution in [0.15, 0.2) is 48.7 Å². The number of hydrogen-bond donors (Lipinski definition) is 2. The second-order valence-corrected chi connectivity index (χ2v) is 7.46. The van der Waals surface area contributed by atoms with Gasteiger partial charge in [-0.25, -0.2) is 0 Å². The van der Waals surface area contributed by atoms with Crippen LogP contribution < -0.4 is 10.2 Å².